The molecule has 0 aliphatic carbocycles. The van der Waals surface area contributed by atoms with Gasteiger partial charge in [-0.25, -0.2) is 0 Å². The van der Waals surface area contributed by atoms with Gasteiger partial charge in [0.1, 0.15) is 0 Å². The summed E-state index contributed by atoms with van der Waals surface area (Å²) >= 11 is 0.976. The number of fused-ring (bicyclic) bond motifs is 1. The molecule has 0 unspecified atom stereocenters. The van der Waals surface area contributed by atoms with Crippen LogP contribution in [0.5, 0.6) is 11.5 Å². The SMILES string of the molecule is CC1CCN(C(=O)CC2CCN(C(=O)c3nnc(C(=O)Nc4ccc5c(c4)OCO5)s3)CC2)CC1. The Hall–Kier alpha value is -3.21. The number of carbonyl (C=O) groups excluding carboxylic acids is 3. The van der Waals surface area contributed by atoms with Crippen molar-refractivity contribution >= 4 is 34.7 Å². The molecule has 2 saturated heterocycles. The molecule has 1 aromatic heterocycles. The Kier molecular flexibility index (Phi) is 6.85. The fraction of sp³-hybridized carbons (Fsp3) is 0.542. The number of benzene rings is 1. The summed E-state index contributed by atoms with van der Waals surface area (Å²) in [4.78, 5) is 41.9. The van der Waals surface area contributed by atoms with Crippen LogP contribution in [0.1, 0.15) is 58.6 Å². The maximum absolute atomic E-state index is 12.9. The highest BCUT2D eigenvalue weighted by Gasteiger charge is 2.29. The van der Waals surface area contributed by atoms with Crippen LogP contribution < -0.4 is 14.8 Å². The van der Waals surface area contributed by atoms with Crippen molar-refractivity contribution < 1.29 is 23.9 Å². The highest BCUT2D eigenvalue weighted by atomic mass is 32.1. The monoisotopic (exact) mass is 499 g/mol. The summed E-state index contributed by atoms with van der Waals surface area (Å²) in [5, 5.41) is 10.9. The van der Waals surface area contributed by atoms with Crippen molar-refractivity contribution in [2.45, 2.75) is 39.0 Å². The summed E-state index contributed by atoms with van der Waals surface area (Å²) in [5.74, 6) is 1.76. The number of likely N-dealkylation sites (tertiary alicyclic amines) is 2. The van der Waals surface area contributed by atoms with Crippen LogP contribution in [-0.4, -0.2) is 70.7 Å². The number of ether oxygens (including phenoxy) is 2. The molecule has 35 heavy (non-hydrogen) atoms. The Labute approximate surface area is 207 Å². The molecule has 3 aliphatic heterocycles. The number of hydrogen-bond acceptors (Lipinski definition) is 8. The van der Waals surface area contributed by atoms with Gasteiger partial charge in [-0.1, -0.05) is 18.3 Å². The molecule has 5 rings (SSSR count). The summed E-state index contributed by atoms with van der Waals surface area (Å²) in [6.45, 7) is 5.26. The molecule has 2 fully saturated rings. The highest BCUT2D eigenvalue weighted by Crippen LogP contribution is 2.34. The third kappa shape index (κ3) is 5.39. The van der Waals surface area contributed by atoms with Crippen LogP contribution in [0.2, 0.25) is 0 Å². The van der Waals surface area contributed by atoms with Gasteiger partial charge in [-0.05, 0) is 49.7 Å². The van der Waals surface area contributed by atoms with E-state index in [0.29, 0.717) is 48.5 Å². The van der Waals surface area contributed by atoms with E-state index in [9.17, 15) is 14.4 Å². The smallest absolute Gasteiger partial charge is 0.286 e. The van der Waals surface area contributed by atoms with Crippen LogP contribution in [0.3, 0.4) is 0 Å². The van der Waals surface area contributed by atoms with Crippen LogP contribution >= 0.6 is 11.3 Å². The minimum Gasteiger partial charge on any atom is -0.454 e. The predicted octanol–water partition coefficient (Wildman–Crippen LogP) is 3.02. The molecule has 10 nitrogen and oxygen atoms in total. The molecule has 11 heteroatoms. The van der Waals surface area contributed by atoms with Gasteiger partial charge < -0.3 is 24.6 Å². The van der Waals surface area contributed by atoms with Crippen molar-refractivity contribution in [1.82, 2.24) is 20.0 Å². The van der Waals surface area contributed by atoms with E-state index in [1.54, 1.807) is 23.1 Å². The topological polar surface area (TPSA) is 114 Å². The minimum absolute atomic E-state index is 0.113. The molecule has 0 saturated carbocycles. The number of nitrogens with one attached hydrogen (secondary N) is 1. The maximum Gasteiger partial charge on any atom is 0.286 e. The van der Waals surface area contributed by atoms with Crippen molar-refractivity contribution in [2.24, 2.45) is 11.8 Å². The second-order valence-corrected chi connectivity index (χ2v) is 10.4. The van der Waals surface area contributed by atoms with Crippen LogP contribution in [-0.2, 0) is 4.79 Å². The molecule has 0 atom stereocenters. The molecule has 0 radical (unpaired) electrons. The molecule has 0 bridgehead atoms. The van der Waals surface area contributed by atoms with Gasteiger partial charge in [0.05, 0.1) is 0 Å². The normalized spacial score (nSPS) is 18.5. The summed E-state index contributed by atoms with van der Waals surface area (Å²) in [6, 6.07) is 5.10. The van der Waals surface area contributed by atoms with Crippen molar-refractivity contribution in [3.63, 3.8) is 0 Å². The summed E-state index contributed by atoms with van der Waals surface area (Å²) < 4.78 is 10.6. The van der Waals surface area contributed by atoms with E-state index in [0.717, 1.165) is 50.1 Å². The van der Waals surface area contributed by atoms with Crippen molar-refractivity contribution in [1.29, 1.82) is 0 Å². The van der Waals surface area contributed by atoms with Crippen LogP contribution in [0.4, 0.5) is 5.69 Å². The average molecular weight is 500 g/mol. The Bertz CT molecular complexity index is 1110. The van der Waals surface area contributed by atoms with Gasteiger partial charge in [0.15, 0.2) is 11.5 Å². The fourth-order valence-corrected chi connectivity index (χ4v) is 5.38. The van der Waals surface area contributed by atoms with Crippen LogP contribution in [0.15, 0.2) is 18.2 Å². The lowest BCUT2D eigenvalue weighted by atomic mass is 9.92. The fourth-order valence-electron chi connectivity index (χ4n) is 4.67. The zero-order valence-corrected chi connectivity index (χ0v) is 20.5. The standard InChI is InChI=1S/C24H29N5O5S/c1-15-4-8-28(9-5-15)20(30)12-16-6-10-29(11-7-16)24(32)23-27-26-22(35-23)21(31)25-17-2-3-18-19(13-17)34-14-33-18/h2-3,13,15-16H,4-12,14H2,1H3,(H,25,31). The van der Waals surface area contributed by atoms with Gasteiger partial charge in [0.2, 0.25) is 22.7 Å². The average Bonchev–Trinajstić information content (AvgIpc) is 3.54. The van der Waals surface area contributed by atoms with Crippen LogP contribution in [0, 0.1) is 11.8 Å². The van der Waals surface area contributed by atoms with Gasteiger partial charge in [-0.3, -0.25) is 14.4 Å². The zero-order valence-electron chi connectivity index (χ0n) is 19.7. The second-order valence-electron chi connectivity index (χ2n) is 9.44. The van der Waals surface area contributed by atoms with E-state index in [4.69, 9.17) is 9.47 Å². The maximum atomic E-state index is 12.9. The number of aromatic nitrogens is 2. The van der Waals surface area contributed by atoms with E-state index >= 15 is 0 Å². The summed E-state index contributed by atoms with van der Waals surface area (Å²) in [5.41, 5.74) is 0.540. The van der Waals surface area contributed by atoms with Crippen molar-refractivity contribution in [3.8, 4) is 11.5 Å². The predicted molar refractivity (Wildman–Crippen MR) is 129 cm³/mol. The Balaban J connectivity index is 1.11. The molecule has 3 amide bonds. The zero-order chi connectivity index (χ0) is 24.4. The lowest BCUT2D eigenvalue weighted by Gasteiger charge is -2.34. The second kappa shape index (κ2) is 10.2. The highest BCUT2D eigenvalue weighted by molar-refractivity contribution is 7.15. The van der Waals surface area contributed by atoms with E-state index in [1.807, 2.05) is 4.90 Å². The first-order valence-corrected chi connectivity index (χ1v) is 12.9. The minimum atomic E-state index is -0.440. The third-order valence-electron chi connectivity index (χ3n) is 6.93. The Morgan fingerprint density at radius 3 is 2.43 bits per heavy atom. The first-order valence-electron chi connectivity index (χ1n) is 12.1. The van der Waals surface area contributed by atoms with E-state index in [1.165, 1.54) is 0 Å². The van der Waals surface area contributed by atoms with Crippen molar-refractivity contribution in [3.05, 3.63) is 28.2 Å². The quantitative estimate of drug-likeness (QED) is 0.673. The Morgan fingerprint density at radius 2 is 1.66 bits per heavy atom. The van der Waals surface area contributed by atoms with Crippen LogP contribution in [0.25, 0.3) is 0 Å². The number of hydrogen-bond donors (Lipinski definition) is 1. The first-order chi connectivity index (χ1) is 17.0. The van der Waals surface area contributed by atoms with Gasteiger partial charge in [-0.2, -0.15) is 0 Å². The largest absolute Gasteiger partial charge is 0.454 e. The van der Waals surface area contributed by atoms with Gasteiger partial charge in [0, 0.05) is 44.4 Å². The molecule has 4 heterocycles. The number of anilines is 1. The number of carbonyl (C=O) groups is 3. The van der Waals surface area contributed by atoms with E-state index in [2.05, 4.69) is 22.4 Å². The molecular weight excluding hydrogens is 470 g/mol. The third-order valence-corrected chi connectivity index (χ3v) is 7.84. The molecule has 2 aromatic rings. The molecule has 3 aliphatic rings. The van der Waals surface area contributed by atoms with Gasteiger partial charge >= 0.3 is 0 Å². The number of rotatable bonds is 5. The number of piperidine rings is 2. The number of nitrogens with zero attached hydrogens (tertiary/aromatic N) is 4. The lowest BCUT2D eigenvalue weighted by Crippen LogP contribution is -2.42. The van der Waals surface area contributed by atoms with E-state index < -0.39 is 5.91 Å². The van der Waals surface area contributed by atoms with Crippen molar-refractivity contribution in [2.75, 3.05) is 38.3 Å². The molecule has 1 aromatic carbocycles. The lowest BCUT2D eigenvalue weighted by molar-refractivity contribution is -0.133. The summed E-state index contributed by atoms with van der Waals surface area (Å²) in [6.07, 6.45) is 4.30. The number of amides is 3. The molecule has 186 valence electrons. The Morgan fingerprint density at radius 1 is 0.971 bits per heavy atom. The van der Waals surface area contributed by atoms with E-state index in [-0.39, 0.29) is 28.6 Å². The summed E-state index contributed by atoms with van der Waals surface area (Å²) in [7, 11) is 0. The van der Waals surface area contributed by atoms with Gasteiger partial charge in [-0.15, -0.1) is 10.2 Å². The molecular formula is C24H29N5O5S. The van der Waals surface area contributed by atoms with Gasteiger partial charge in [0.25, 0.3) is 11.8 Å². The molecule has 1 N–H and O–H groups in total. The first kappa shape index (κ1) is 23.5. The molecule has 0 spiro atoms.